The fourth-order valence-electron chi connectivity index (χ4n) is 2.74. The molecule has 1 saturated heterocycles. The molecule has 0 saturated carbocycles. The second kappa shape index (κ2) is 7.01. The molecule has 2 aromatic rings. The first-order valence-electron chi connectivity index (χ1n) is 7.92. The van der Waals surface area contributed by atoms with Gasteiger partial charge in [0, 0.05) is 37.5 Å². The molecule has 1 fully saturated rings. The first-order valence-corrected chi connectivity index (χ1v) is 8.73. The Morgan fingerprint density at radius 3 is 2.67 bits per heavy atom. The quantitative estimate of drug-likeness (QED) is 0.892. The number of thiophene rings is 1. The lowest BCUT2D eigenvalue weighted by molar-refractivity contribution is -0.0605. The third kappa shape index (κ3) is 3.83. The molecule has 0 unspecified atom stereocenters. The molecule has 0 bridgehead atoms. The van der Waals surface area contributed by atoms with Crippen LogP contribution in [0.1, 0.15) is 28.1 Å². The summed E-state index contributed by atoms with van der Waals surface area (Å²) in [6.45, 7) is 3.17. The number of carbonyl (C=O) groups is 1. The van der Waals surface area contributed by atoms with Gasteiger partial charge < -0.3 is 15.2 Å². The van der Waals surface area contributed by atoms with Gasteiger partial charge in [-0.2, -0.15) is 0 Å². The van der Waals surface area contributed by atoms with Crippen LogP contribution in [-0.4, -0.2) is 36.4 Å². The Morgan fingerprint density at radius 2 is 2.00 bits per heavy atom. The van der Waals surface area contributed by atoms with Crippen molar-refractivity contribution in [3.05, 3.63) is 46.6 Å². The number of amides is 1. The van der Waals surface area contributed by atoms with Crippen molar-refractivity contribution in [2.24, 2.45) is 0 Å². The molecule has 3 rings (SSSR count). The lowest BCUT2D eigenvalue weighted by atomic mass is 9.94. The Hall–Kier alpha value is -1.76. The van der Waals surface area contributed by atoms with Gasteiger partial charge in [0.05, 0.1) is 10.5 Å². The first-order chi connectivity index (χ1) is 11.5. The SMILES string of the molecule is Cc1cc(C(=O)NCC2(O)CCOCC2)sc1-c1ccc(F)cc1. The predicted octanol–water partition coefficient (Wildman–Crippen LogP) is 3.13. The fourth-order valence-corrected chi connectivity index (χ4v) is 3.84. The van der Waals surface area contributed by atoms with Crippen LogP contribution in [0.4, 0.5) is 4.39 Å². The maximum atomic E-state index is 13.1. The molecule has 4 nitrogen and oxygen atoms in total. The smallest absolute Gasteiger partial charge is 0.261 e. The van der Waals surface area contributed by atoms with Gasteiger partial charge in [0.2, 0.25) is 0 Å². The molecular formula is C18H20FNO3S. The third-order valence-corrected chi connectivity index (χ3v) is 5.53. The molecule has 0 radical (unpaired) electrons. The number of halogens is 1. The summed E-state index contributed by atoms with van der Waals surface area (Å²) in [4.78, 5) is 13.9. The van der Waals surface area contributed by atoms with E-state index in [4.69, 9.17) is 4.74 Å². The summed E-state index contributed by atoms with van der Waals surface area (Å²) in [6, 6.07) is 8.07. The van der Waals surface area contributed by atoms with Crippen molar-refractivity contribution in [3.63, 3.8) is 0 Å². The van der Waals surface area contributed by atoms with Gasteiger partial charge in [0.1, 0.15) is 5.82 Å². The van der Waals surface area contributed by atoms with Gasteiger partial charge in [-0.1, -0.05) is 12.1 Å². The molecule has 1 amide bonds. The Labute approximate surface area is 144 Å². The van der Waals surface area contributed by atoms with Crippen LogP contribution in [0.15, 0.2) is 30.3 Å². The number of aryl methyl sites for hydroxylation is 1. The molecule has 2 N–H and O–H groups in total. The molecule has 2 heterocycles. The average Bonchev–Trinajstić information content (AvgIpc) is 2.96. The van der Waals surface area contributed by atoms with Crippen molar-refractivity contribution >= 4 is 17.2 Å². The van der Waals surface area contributed by atoms with Gasteiger partial charge in [0.25, 0.3) is 5.91 Å². The minimum absolute atomic E-state index is 0.198. The van der Waals surface area contributed by atoms with E-state index >= 15 is 0 Å². The second-order valence-corrected chi connectivity index (χ2v) is 7.20. The highest BCUT2D eigenvalue weighted by Gasteiger charge is 2.30. The van der Waals surface area contributed by atoms with E-state index in [1.807, 2.05) is 13.0 Å². The zero-order chi connectivity index (χ0) is 17.2. The number of rotatable bonds is 4. The zero-order valence-electron chi connectivity index (χ0n) is 13.5. The number of benzene rings is 1. The minimum atomic E-state index is -0.889. The Kier molecular flexibility index (Phi) is 4.99. The lowest BCUT2D eigenvalue weighted by Gasteiger charge is -2.31. The number of carbonyl (C=O) groups excluding carboxylic acids is 1. The Morgan fingerprint density at radius 1 is 1.33 bits per heavy atom. The Bertz CT molecular complexity index is 720. The van der Waals surface area contributed by atoms with Crippen LogP contribution >= 0.6 is 11.3 Å². The van der Waals surface area contributed by atoms with Crippen LogP contribution < -0.4 is 5.32 Å². The summed E-state index contributed by atoms with van der Waals surface area (Å²) in [5.74, 6) is -0.480. The van der Waals surface area contributed by atoms with Crippen molar-refractivity contribution in [2.75, 3.05) is 19.8 Å². The third-order valence-electron chi connectivity index (χ3n) is 4.25. The average molecular weight is 349 g/mol. The van der Waals surface area contributed by atoms with Crippen LogP contribution in [0.2, 0.25) is 0 Å². The van der Waals surface area contributed by atoms with Crippen molar-refractivity contribution < 1.29 is 19.0 Å². The van der Waals surface area contributed by atoms with Crippen molar-refractivity contribution in [2.45, 2.75) is 25.4 Å². The van der Waals surface area contributed by atoms with Crippen LogP contribution in [0.5, 0.6) is 0 Å². The molecule has 0 spiro atoms. The summed E-state index contributed by atoms with van der Waals surface area (Å²) in [5, 5.41) is 13.2. The van der Waals surface area contributed by atoms with E-state index in [-0.39, 0.29) is 18.3 Å². The molecular weight excluding hydrogens is 329 g/mol. The summed E-state index contributed by atoms with van der Waals surface area (Å²) in [7, 11) is 0. The van der Waals surface area contributed by atoms with Gasteiger partial charge in [0.15, 0.2) is 0 Å². The lowest BCUT2D eigenvalue weighted by Crippen LogP contribution is -2.46. The first kappa shape index (κ1) is 17.1. The second-order valence-electron chi connectivity index (χ2n) is 6.15. The zero-order valence-corrected chi connectivity index (χ0v) is 14.3. The standard InChI is InChI=1S/C18H20FNO3S/c1-12-10-15(24-16(12)13-2-4-14(19)5-3-13)17(21)20-11-18(22)6-8-23-9-7-18/h2-5,10,22H,6-9,11H2,1H3,(H,20,21). The molecule has 1 aliphatic rings. The molecule has 1 aromatic heterocycles. The number of nitrogens with one attached hydrogen (secondary N) is 1. The fraction of sp³-hybridized carbons (Fsp3) is 0.389. The minimum Gasteiger partial charge on any atom is -0.388 e. The summed E-state index contributed by atoms with van der Waals surface area (Å²) in [6.07, 6.45) is 1.05. The number of aliphatic hydroxyl groups is 1. The van der Waals surface area contributed by atoms with Crippen molar-refractivity contribution in [1.82, 2.24) is 5.32 Å². The van der Waals surface area contributed by atoms with E-state index in [1.54, 1.807) is 12.1 Å². The molecule has 0 aliphatic carbocycles. The molecule has 6 heteroatoms. The van der Waals surface area contributed by atoms with E-state index in [0.29, 0.717) is 30.9 Å². The highest BCUT2D eigenvalue weighted by atomic mass is 32.1. The molecule has 0 atom stereocenters. The maximum Gasteiger partial charge on any atom is 0.261 e. The number of hydrogen-bond donors (Lipinski definition) is 2. The van der Waals surface area contributed by atoms with Gasteiger partial charge in [-0.25, -0.2) is 4.39 Å². The van der Waals surface area contributed by atoms with Gasteiger partial charge in [-0.15, -0.1) is 11.3 Å². The largest absolute Gasteiger partial charge is 0.388 e. The highest BCUT2D eigenvalue weighted by molar-refractivity contribution is 7.17. The number of ether oxygens (including phenoxy) is 1. The molecule has 1 aromatic carbocycles. The van der Waals surface area contributed by atoms with Crippen LogP contribution in [0.3, 0.4) is 0 Å². The van der Waals surface area contributed by atoms with Crippen LogP contribution in [0, 0.1) is 12.7 Å². The Balaban J connectivity index is 1.69. The predicted molar refractivity (Wildman–Crippen MR) is 91.8 cm³/mol. The molecule has 24 heavy (non-hydrogen) atoms. The molecule has 128 valence electrons. The summed E-state index contributed by atoms with van der Waals surface area (Å²) >= 11 is 1.37. The van der Waals surface area contributed by atoms with E-state index in [2.05, 4.69) is 5.32 Å². The number of hydrogen-bond acceptors (Lipinski definition) is 4. The summed E-state index contributed by atoms with van der Waals surface area (Å²) < 4.78 is 18.3. The summed E-state index contributed by atoms with van der Waals surface area (Å²) in [5.41, 5.74) is 0.975. The molecule has 1 aliphatic heterocycles. The van der Waals surface area contributed by atoms with Gasteiger partial charge >= 0.3 is 0 Å². The van der Waals surface area contributed by atoms with Crippen molar-refractivity contribution in [1.29, 1.82) is 0 Å². The van der Waals surface area contributed by atoms with E-state index in [1.165, 1.54) is 23.5 Å². The van der Waals surface area contributed by atoms with Gasteiger partial charge in [-0.05, 0) is 36.2 Å². The van der Waals surface area contributed by atoms with E-state index < -0.39 is 5.60 Å². The van der Waals surface area contributed by atoms with E-state index in [9.17, 15) is 14.3 Å². The normalized spacial score (nSPS) is 16.8. The van der Waals surface area contributed by atoms with Crippen molar-refractivity contribution in [3.8, 4) is 10.4 Å². The van der Waals surface area contributed by atoms with Crippen LogP contribution in [0.25, 0.3) is 10.4 Å². The maximum absolute atomic E-state index is 13.1. The topological polar surface area (TPSA) is 58.6 Å². The van der Waals surface area contributed by atoms with Crippen LogP contribution in [-0.2, 0) is 4.74 Å². The van der Waals surface area contributed by atoms with E-state index in [0.717, 1.165) is 16.0 Å². The highest BCUT2D eigenvalue weighted by Crippen LogP contribution is 2.32. The van der Waals surface area contributed by atoms with Gasteiger partial charge in [-0.3, -0.25) is 4.79 Å². The monoisotopic (exact) mass is 349 g/mol.